The minimum atomic E-state index is -0.967. The molecule has 1 aliphatic rings. The lowest BCUT2D eigenvalue weighted by atomic mass is 9.74. The van der Waals surface area contributed by atoms with Gasteiger partial charge in [-0.15, -0.1) is 0 Å². The van der Waals surface area contributed by atoms with Crippen molar-refractivity contribution in [3.8, 4) is 0 Å². The lowest BCUT2D eigenvalue weighted by Crippen LogP contribution is -2.58. The van der Waals surface area contributed by atoms with Crippen LogP contribution in [0.15, 0.2) is 60.7 Å². The highest BCUT2D eigenvalue weighted by molar-refractivity contribution is 5.14. The number of benzene rings is 2. The molecule has 2 aromatic rings. The molecule has 1 saturated carbocycles. The van der Waals surface area contributed by atoms with Gasteiger partial charge in [-0.2, -0.15) is 0 Å². The summed E-state index contributed by atoms with van der Waals surface area (Å²) in [6.07, 6.45) is -2.64. The standard InChI is InChI=1S/C22H28O4/c1-15-16(2)21(25-13-17-9-5-3-6-10-17)22(20(24)19(15)23)26-14-18-11-7-4-8-12-18/h3-12,15-16,19-24H,13-14H2,1-2H3/t15?,16-,19?,20-,21?,22+/m0/s1. The molecule has 0 saturated heterocycles. The summed E-state index contributed by atoms with van der Waals surface area (Å²) in [5.41, 5.74) is 2.11. The van der Waals surface area contributed by atoms with Crippen LogP contribution in [0.4, 0.5) is 0 Å². The third kappa shape index (κ3) is 4.33. The van der Waals surface area contributed by atoms with Gasteiger partial charge in [-0.05, 0) is 23.0 Å². The molecule has 26 heavy (non-hydrogen) atoms. The highest BCUT2D eigenvalue weighted by Gasteiger charge is 2.47. The Morgan fingerprint density at radius 2 is 1.12 bits per heavy atom. The molecule has 0 aliphatic heterocycles. The fourth-order valence-electron chi connectivity index (χ4n) is 3.58. The molecule has 4 nitrogen and oxygen atoms in total. The molecular weight excluding hydrogens is 328 g/mol. The van der Waals surface area contributed by atoms with E-state index < -0.39 is 18.3 Å². The number of aliphatic hydroxyl groups is 2. The van der Waals surface area contributed by atoms with Crippen LogP contribution in [0, 0.1) is 11.8 Å². The highest BCUT2D eigenvalue weighted by atomic mass is 16.6. The maximum Gasteiger partial charge on any atom is 0.113 e. The second-order valence-corrected chi connectivity index (χ2v) is 7.22. The van der Waals surface area contributed by atoms with Crippen LogP contribution in [0.2, 0.25) is 0 Å². The van der Waals surface area contributed by atoms with E-state index >= 15 is 0 Å². The molecule has 1 aliphatic carbocycles. The Bertz CT molecular complexity index is 601. The summed E-state index contributed by atoms with van der Waals surface area (Å²) >= 11 is 0. The van der Waals surface area contributed by atoms with Crippen molar-refractivity contribution in [2.75, 3.05) is 0 Å². The summed E-state index contributed by atoms with van der Waals surface area (Å²) in [7, 11) is 0. The van der Waals surface area contributed by atoms with Gasteiger partial charge in [0.15, 0.2) is 0 Å². The van der Waals surface area contributed by atoms with Gasteiger partial charge in [-0.3, -0.25) is 0 Å². The fraction of sp³-hybridized carbons (Fsp3) is 0.455. The van der Waals surface area contributed by atoms with Crippen molar-refractivity contribution in [1.82, 2.24) is 0 Å². The van der Waals surface area contributed by atoms with Crippen LogP contribution in [0.1, 0.15) is 25.0 Å². The minimum absolute atomic E-state index is 0.0673. The summed E-state index contributed by atoms with van der Waals surface area (Å²) in [5.74, 6) is 0.000217. The normalized spacial score (nSPS) is 31.7. The molecule has 0 heterocycles. The average molecular weight is 356 g/mol. The quantitative estimate of drug-likeness (QED) is 0.835. The van der Waals surface area contributed by atoms with Gasteiger partial charge in [0.1, 0.15) is 12.2 Å². The van der Waals surface area contributed by atoms with Gasteiger partial charge in [0.25, 0.3) is 0 Å². The Morgan fingerprint density at radius 3 is 1.62 bits per heavy atom. The van der Waals surface area contributed by atoms with Crippen LogP contribution in [0.3, 0.4) is 0 Å². The number of hydrogen-bond donors (Lipinski definition) is 2. The maximum atomic E-state index is 10.6. The van der Waals surface area contributed by atoms with Gasteiger partial charge in [0, 0.05) is 0 Å². The smallest absolute Gasteiger partial charge is 0.113 e. The zero-order valence-electron chi connectivity index (χ0n) is 15.4. The van der Waals surface area contributed by atoms with Gasteiger partial charge in [0.05, 0.1) is 25.4 Å². The second-order valence-electron chi connectivity index (χ2n) is 7.22. The van der Waals surface area contributed by atoms with E-state index in [1.54, 1.807) is 0 Å². The Kier molecular flexibility index (Phi) is 6.43. The van der Waals surface area contributed by atoms with Crippen LogP contribution < -0.4 is 0 Å². The molecule has 0 radical (unpaired) electrons. The maximum absolute atomic E-state index is 10.6. The molecule has 1 fully saturated rings. The van der Waals surface area contributed by atoms with Crippen molar-refractivity contribution in [2.45, 2.75) is 51.5 Å². The predicted octanol–water partition coefficient (Wildman–Crippen LogP) is 3.16. The van der Waals surface area contributed by atoms with Crippen LogP contribution in [0.25, 0.3) is 0 Å². The number of hydrogen-bond acceptors (Lipinski definition) is 4. The Labute approximate surface area is 155 Å². The summed E-state index contributed by atoms with van der Waals surface area (Å²) in [6, 6.07) is 19.8. The van der Waals surface area contributed by atoms with E-state index in [4.69, 9.17) is 9.47 Å². The van der Waals surface area contributed by atoms with E-state index in [1.165, 1.54) is 0 Å². The Balaban J connectivity index is 1.72. The molecular formula is C22H28O4. The molecule has 2 N–H and O–H groups in total. The van der Waals surface area contributed by atoms with Crippen LogP contribution in [0.5, 0.6) is 0 Å². The van der Waals surface area contributed by atoms with Crippen molar-refractivity contribution in [1.29, 1.82) is 0 Å². The number of ether oxygens (including phenoxy) is 2. The Morgan fingerprint density at radius 1 is 0.654 bits per heavy atom. The molecule has 2 aromatic carbocycles. The minimum Gasteiger partial charge on any atom is -0.390 e. The summed E-state index contributed by atoms with van der Waals surface area (Å²) in [6.45, 7) is 4.83. The lowest BCUT2D eigenvalue weighted by molar-refractivity contribution is -0.215. The van der Waals surface area contributed by atoms with Gasteiger partial charge >= 0.3 is 0 Å². The summed E-state index contributed by atoms with van der Waals surface area (Å²) in [4.78, 5) is 0. The first kappa shape index (κ1) is 19.1. The van der Waals surface area contributed by atoms with Gasteiger partial charge < -0.3 is 19.7 Å². The zero-order chi connectivity index (χ0) is 18.5. The van der Waals surface area contributed by atoms with Crippen molar-refractivity contribution >= 4 is 0 Å². The number of rotatable bonds is 6. The van der Waals surface area contributed by atoms with E-state index in [-0.39, 0.29) is 17.9 Å². The van der Waals surface area contributed by atoms with Crippen molar-refractivity contribution in [3.63, 3.8) is 0 Å². The monoisotopic (exact) mass is 356 g/mol. The Hall–Kier alpha value is -1.72. The lowest BCUT2D eigenvalue weighted by Gasteiger charge is -2.45. The zero-order valence-corrected chi connectivity index (χ0v) is 15.4. The van der Waals surface area contributed by atoms with Crippen LogP contribution in [-0.4, -0.2) is 34.6 Å². The molecule has 4 heteroatoms. The molecule has 0 amide bonds. The topological polar surface area (TPSA) is 58.9 Å². The highest BCUT2D eigenvalue weighted by Crippen LogP contribution is 2.35. The third-order valence-electron chi connectivity index (χ3n) is 5.47. The molecule has 3 unspecified atom stereocenters. The van der Waals surface area contributed by atoms with Gasteiger partial charge in [-0.25, -0.2) is 0 Å². The van der Waals surface area contributed by atoms with E-state index in [0.717, 1.165) is 11.1 Å². The molecule has 6 atom stereocenters. The molecule has 3 rings (SSSR count). The van der Waals surface area contributed by atoms with Crippen LogP contribution >= 0.6 is 0 Å². The molecule has 0 spiro atoms. The van der Waals surface area contributed by atoms with Gasteiger partial charge in [-0.1, -0.05) is 74.5 Å². The van der Waals surface area contributed by atoms with E-state index in [1.807, 2.05) is 74.5 Å². The first-order valence-electron chi connectivity index (χ1n) is 9.25. The first-order chi connectivity index (χ1) is 12.6. The molecule has 0 bridgehead atoms. The van der Waals surface area contributed by atoms with E-state index in [9.17, 15) is 10.2 Å². The molecule has 140 valence electrons. The van der Waals surface area contributed by atoms with E-state index in [0.29, 0.717) is 13.2 Å². The summed E-state index contributed by atoms with van der Waals surface area (Å²) < 4.78 is 12.2. The largest absolute Gasteiger partial charge is 0.390 e. The molecule has 0 aromatic heterocycles. The predicted molar refractivity (Wildman–Crippen MR) is 100 cm³/mol. The van der Waals surface area contributed by atoms with E-state index in [2.05, 4.69) is 0 Å². The second kappa shape index (κ2) is 8.78. The third-order valence-corrected chi connectivity index (χ3v) is 5.47. The SMILES string of the molecule is CC1C(O)[C@H](O)[C@@H](OCc2ccccc2)C(OCc2ccccc2)[C@H]1C. The number of aliphatic hydroxyl groups excluding tert-OH is 2. The van der Waals surface area contributed by atoms with Crippen molar-refractivity contribution in [3.05, 3.63) is 71.8 Å². The summed E-state index contributed by atoms with van der Waals surface area (Å²) in [5, 5.41) is 21.0. The fourth-order valence-corrected chi connectivity index (χ4v) is 3.58. The van der Waals surface area contributed by atoms with Crippen LogP contribution in [-0.2, 0) is 22.7 Å². The average Bonchev–Trinajstić information content (AvgIpc) is 2.69. The first-order valence-corrected chi connectivity index (χ1v) is 9.25. The van der Waals surface area contributed by atoms with Crippen molar-refractivity contribution < 1.29 is 19.7 Å². The van der Waals surface area contributed by atoms with Crippen molar-refractivity contribution in [2.24, 2.45) is 11.8 Å². The van der Waals surface area contributed by atoms with Gasteiger partial charge in [0.2, 0.25) is 0 Å².